The van der Waals surface area contributed by atoms with Crippen LogP contribution in [0.1, 0.15) is 9.67 Å². The lowest BCUT2D eigenvalue weighted by Crippen LogP contribution is -2.10. The molecule has 0 unspecified atom stereocenters. The van der Waals surface area contributed by atoms with E-state index in [1.807, 2.05) is 29.0 Å². The molecule has 0 radical (unpaired) electrons. The van der Waals surface area contributed by atoms with E-state index in [1.165, 1.54) is 22.7 Å². The lowest BCUT2D eigenvalue weighted by molar-refractivity contribution is 0.103. The van der Waals surface area contributed by atoms with Crippen molar-refractivity contribution >= 4 is 50.0 Å². The number of hydrogen-bond donors (Lipinski definition) is 1. The van der Waals surface area contributed by atoms with E-state index >= 15 is 0 Å². The Morgan fingerprint density at radius 3 is 2.76 bits per heavy atom. The fourth-order valence-corrected chi connectivity index (χ4v) is 3.84. The molecule has 0 spiro atoms. The first-order valence-corrected chi connectivity index (χ1v) is 8.50. The Morgan fingerprint density at radius 1 is 1.14 bits per heavy atom. The van der Waals surface area contributed by atoms with Crippen LogP contribution in [-0.2, 0) is 0 Å². The molecular formula is C12H7N5OS3. The lowest BCUT2D eigenvalue weighted by atomic mass is 10.4. The molecule has 0 aromatic carbocycles. The summed E-state index contributed by atoms with van der Waals surface area (Å²) < 4.78 is 1.65. The predicted molar refractivity (Wildman–Crippen MR) is 84.2 cm³/mol. The smallest absolute Gasteiger partial charge is 0.267 e. The maximum Gasteiger partial charge on any atom is 0.267 e. The third kappa shape index (κ3) is 2.24. The van der Waals surface area contributed by atoms with E-state index in [0.717, 1.165) is 4.88 Å². The Labute approximate surface area is 130 Å². The fraction of sp³-hybridized carbons (Fsp3) is 0. The number of aromatic nitrogens is 4. The first-order chi connectivity index (χ1) is 10.3. The molecule has 9 heteroatoms. The van der Waals surface area contributed by atoms with E-state index in [9.17, 15) is 4.79 Å². The van der Waals surface area contributed by atoms with Gasteiger partial charge in [0, 0.05) is 0 Å². The van der Waals surface area contributed by atoms with E-state index in [-0.39, 0.29) is 5.91 Å². The number of hydrogen-bond acceptors (Lipinski definition) is 7. The molecule has 0 aliphatic rings. The molecule has 1 amide bonds. The summed E-state index contributed by atoms with van der Waals surface area (Å²) in [5.74, 6) is 0.528. The van der Waals surface area contributed by atoms with Crippen molar-refractivity contribution in [3.63, 3.8) is 0 Å². The van der Waals surface area contributed by atoms with Crippen molar-refractivity contribution in [2.24, 2.45) is 0 Å². The van der Waals surface area contributed by atoms with E-state index < -0.39 is 0 Å². The van der Waals surface area contributed by atoms with Crippen LogP contribution in [0.4, 0.5) is 5.13 Å². The van der Waals surface area contributed by atoms with Crippen LogP contribution in [0.5, 0.6) is 0 Å². The van der Waals surface area contributed by atoms with Crippen molar-refractivity contribution in [2.75, 3.05) is 5.32 Å². The first-order valence-electron chi connectivity index (χ1n) is 5.92. The standard InChI is InChI=1S/C12H7N5OS3/c18-10(8-4-2-6-20-8)13-11-16-17-9(7-3-1-5-19-7)14-15-12(17)21-11/h1-6H,(H,13,16,18). The van der Waals surface area contributed by atoms with Gasteiger partial charge in [0.05, 0.1) is 9.75 Å². The second kappa shape index (κ2) is 5.02. The van der Waals surface area contributed by atoms with Crippen LogP contribution in [0.3, 0.4) is 0 Å². The SMILES string of the molecule is O=C(Nc1nn2c(-c3cccs3)nnc2s1)c1cccs1. The molecule has 1 N–H and O–H groups in total. The third-order valence-corrected chi connectivity index (χ3v) is 5.25. The Kier molecular flexibility index (Phi) is 3.02. The molecule has 4 heterocycles. The Balaban J connectivity index is 1.67. The summed E-state index contributed by atoms with van der Waals surface area (Å²) in [5.41, 5.74) is 0. The van der Waals surface area contributed by atoms with Gasteiger partial charge < -0.3 is 0 Å². The highest BCUT2D eigenvalue weighted by Gasteiger charge is 2.16. The van der Waals surface area contributed by atoms with Crippen LogP contribution >= 0.6 is 34.0 Å². The normalized spacial score (nSPS) is 11.0. The highest BCUT2D eigenvalue weighted by atomic mass is 32.1. The monoisotopic (exact) mass is 333 g/mol. The van der Waals surface area contributed by atoms with Crippen LogP contribution in [0, 0.1) is 0 Å². The summed E-state index contributed by atoms with van der Waals surface area (Å²) in [6.07, 6.45) is 0. The van der Waals surface area contributed by atoms with Gasteiger partial charge in [-0.3, -0.25) is 10.1 Å². The minimum Gasteiger partial charge on any atom is -0.296 e. The molecule has 4 aromatic heterocycles. The number of carbonyl (C=O) groups excluding carboxylic acids is 1. The highest BCUT2D eigenvalue weighted by molar-refractivity contribution is 7.20. The van der Waals surface area contributed by atoms with E-state index in [2.05, 4.69) is 20.6 Å². The van der Waals surface area contributed by atoms with Gasteiger partial charge in [-0.05, 0) is 22.9 Å². The minimum absolute atomic E-state index is 0.160. The summed E-state index contributed by atoms with van der Waals surface area (Å²) >= 11 is 4.26. The zero-order chi connectivity index (χ0) is 14.2. The van der Waals surface area contributed by atoms with Gasteiger partial charge in [0.1, 0.15) is 0 Å². The largest absolute Gasteiger partial charge is 0.296 e. The number of nitrogens with zero attached hydrogens (tertiary/aromatic N) is 4. The molecular weight excluding hydrogens is 326 g/mol. The number of nitrogens with one attached hydrogen (secondary N) is 1. The van der Waals surface area contributed by atoms with Crippen LogP contribution in [-0.4, -0.2) is 25.7 Å². The zero-order valence-electron chi connectivity index (χ0n) is 10.4. The van der Waals surface area contributed by atoms with Crippen molar-refractivity contribution in [3.05, 3.63) is 39.9 Å². The Morgan fingerprint density at radius 2 is 2.00 bits per heavy atom. The third-order valence-electron chi connectivity index (χ3n) is 2.70. The molecule has 0 bridgehead atoms. The molecule has 21 heavy (non-hydrogen) atoms. The van der Waals surface area contributed by atoms with E-state index in [1.54, 1.807) is 21.9 Å². The van der Waals surface area contributed by atoms with Gasteiger partial charge in [-0.15, -0.1) is 38.0 Å². The van der Waals surface area contributed by atoms with Crippen LogP contribution in [0.2, 0.25) is 0 Å². The molecule has 0 atom stereocenters. The molecule has 4 rings (SSSR count). The molecule has 0 aliphatic carbocycles. The number of amides is 1. The van der Waals surface area contributed by atoms with Gasteiger partial charge in [-0.2, -0.15) is 4.52 Å². The van der Waals surface area contributed by atoms with Gasteiger partial charge in [0.2, 0.25) is 10.1 Å². The lowest BCUT2D eigenvalue weighted by Gasteiger charge is -1.96. The average Bonchev–Trinajstić information content (AvgIpc) is 3.23. The predicted octanol–water partition coefficient (Wildman–Crippen LogP) is 3.23. The van der Waals surface area contributed by atoms with E-state index in [0.29, 0.717) is 20.8 Å². The summed E-state index contributed by atoms with van der Waals surface area (Å²) in [6, 6.07) is 7.53. The second-order valence-corrected chi connectivity index (χ2v) is 6.89. The maximum atomic E-state index is 12.0. The van der Waals surface area contributed by atoms with Crippen molar-refractivity contribution in [3.8, 4) is 10.7 Å². The molecule has 0 saturated heterocycles. The van der Waals surface area contributed by atoms with Crippen molar-refractivity contribution in [1.29, 1.82) is 0 Å². The fourth-order valence-electron chi connectivity index (χ4n) is 1.79. The summed E-state index contributed by atoms with van der Waals surface area (Å²) in [5, 5.41) is 19.7. The molecule has 4 aromatic rings. The van der Waals surface area contributed by atoms with Gasteiger partial charge >= 0.3 is 0 Å². The first kappa shape index (κ1) is 12.6. The van der Waals surface area contributed by atoms with Crippen molar-refractivity contribution in [1.82, 2.24) is 19.8 Å². The molecule has 6 nitrogen and oxygen atoms in total. The number of rotatable bonds is 3. The zero-order valence-corrected chi connectivity index (χ0v) is 12.8. The topological polar surface area (TPSA) is 72.2 Å². The van der Waals surface area contributed by atoms with Crippen LogP contribution in [0.25, 0.3) is 15.7 Å². The van der Waals surface area contributed by atoms with E-state index in [4.69, 9.17) is 0 Å². The minimum atomic E-state index is -0.160. The summed E-state index contributed by atoms with van der Waals surface area (Å²) in [7, 11) is 0. The molecule has 0 aliphatic heterocycles. The number of carbonyl (C=O) groups is 1. The average molecular weight is 333 g/mol. The van der Waals surface area contributed by atoms with Gasteiger partial charge in [-0.1, -0.05) is 23.5 Å². The Bertz CT molecular complexity index is 891. The highest BCUT2D eigenvalue weighted by Crippen LogP contribution is 2.27. The van der Waals surface area contributed by atoms with Crippen LogP contribution in [0.15, 0.2) is 35.0 Å². The van der Waals surface area contributed by atoms with Gasteiger partial charge in [-0.25, -0.2) is 0 Å². The van der Waals surface area contributed by atoms with Crippen molar-refractivity contribution < 1.29 is 4.79 Å². The number of anilines is 1. The number of thiophene rings is 2. The van der Waals surface area contributed by atoms with Gasteiger partial charge in [0.25, 0.3) is 5.91 Å². The summed E-state index contributed by atoms with van der Waals surface area (Å²) in [4.78, 5) is 14.3. The van der Waals surface area contributed by atoms with Gasteiger partial charge in [0.15, 0.2) is 5.82 Å². The maximum absolute atomic E-state index is 12.0. The quantitative estimate of drug-likeness (QED) is 0.625. The van der Waals surface area contributed by atoms with Crippen molar-refractivity contribution in [2.45, 2.75) is 0 Å². The van der Waals surface area contributed by atoms with Crippen LogP contribution < -0.4 is 5.32 Å². The second-order valence-electron chi connectivity index (χ2n) is 4.03. The Hall–Kier alpha value is -2.10. The molecule has 0 fully saturated rings. The molecule has 104 valence electrons. The summed E-state index contributed by atoms with van der Waals surface area (Å²) in [6.45, 7) is 0. The number of fused-ring (bicyclic) bond motifs is 1. The molecule has 0 saturated carbocycles.